The van der Waals surface area contributed by atoms with E-state index in [1.54, 1.807) is 0 Å². The van der Waals surface area contributed by atoms with Crippen LogP contribution in [0, 0.1) is 0 Å². The molecule has 1 aliphatic rings. The van der Waals surface area contributed by atoms with Crippen LogP contribution in [-0.4, -0.2) is 42.5 Å². The first-order chi connectivity index (χ1) is 6.65. The molecule has 1 aliphatic heterocycles. The zero-order valence-corrected chi connectivity index (χ0v) is 9.12. The Hall–Kier alpha value is -0.610. The summed E-state index contributed by atoms with van der Waals surface area (Å²) in [5.41, 5.74) is 5.86. The Kier molecular flexibility index (Phi) is 4.35. The smallest absolute Gasteiger partial charge is 0.237 e. The average Bonchev–Trinajstić information content (AvgIpc) is 2.17. The Morgan fingerprint density at radius 1 is 1.71 bits per heavy atom. The minimum absolute atomic E-state index is 0.0405. The van der Waals surface area contributed by atoms with Crippen LogP contribution in [0.5, 0.6) is 0 Å². The van der Waals surface area contributed by atoms with Gasteiger partial charge in [0.2, 0.25) is 5.91 Å². The van der Waals surface area contributed by atoms with Crippen LogP contribution in [0.2, 0.25) is 0 Å². The Morgan fingerprint density at radius 2 is 2.43 bits per heavy atom. The molecule has 0 aromatic heterocycles. The fraction of sp³-hybridized carbons (Fsp3) is 0.900. The van der Waals surface area contributed by atoms with Gasteiger partial charge in [-0.3, -0.25) is 9.69 Å². The summed E-state index contributed by atoms with van der Waals surface area (Å²) in [6, 6.07) is 0.196. The molecular formula is C10H21N3O. The maximum Gasteiger partial charge on any atom is 0.237 e. The second-order valence-corrected chi connectivity index (χ2v) is 3.97. The molecule has 0 radical (unpaired) electrons. The lowest BCUT2D eigenvalue weighted by atomic mass is 10.0. The molecule has 1 fully saturated rings. The summed E-state index contributed by atoms with van der Waals surface area (Å²) in [7, 11) is 0. The molecule has 14 heavy (non-hydrogen) atoms. The number of nitrogens with two attached hydrogens (primary N) is 1. The van der Waals surface area contributed by atoms with E-state index in [9.17, 15) is 4.79 Å². The summed E-state index contributed by atoms with van der Waals surface area (Å²) in [6.07, 6.45) is 2.18. The topological polar surface area (TPSA) is 58.4 Å². The van der Waals surface area contributed by atoms with Gasteiger partial charge in [-0.2, -0.15) is 0 Å². The number of amides is 1. The highest BCUT2D eigenvalue weighted by Crippen LogP contribution is 2.11. The summed E-state index contributed by atoms with van der Waals surface area (Å²) in [5, 5.41) is 2.84. The lowest BCUT2D eigenvalue weighted by molar-refractivity contribution is -0.126. The average molecular weight is 199 g/mol. The molecule has 0 aromatic rings. The second kappa shape index (κ2) is 5.32. The van der Waals surface area contributed by atoms with E-state index in [4.69, 9.17) is 5.73 Å². The van der Waals surface area contributed by atoms with E-state index in [2.05, 4.69) is 10.2 Å². The lowest BCUT2D eigenvalue weighted by Crippen LogP contribution is -2.52. The third kappa shape index (κ3) is 2.96. The number of nitrogens with one attached hydrogen (secondary N) is 1. The third-order valence-corrected chi connectivity index (χ3v) is 2.77. The van der Waals surface area contributed by atoms with Crippen molar-refractivity contribution < 1.29 is 4.79 Å². The highest BCUT2D eigenvalue weighted by molar-refractivity contribution is 5.81. The van der Waals surface area contributed by atoms with Crippen molar-refractivity contribution in [2.24, 2.45) is 5.73 Å². The van der Waals surface area contributed by atoms with E-state index in [1.807, 2.05) is 13.8 Å². The Morgan fingerprint density at radius 3 is 3.00 bits per heavy atom. The van der Waals surface area contributed by atoms with E-state index < -0.39 is 0 Å². The number of nitrogens with zero attached hydrogens (tertiary/aromatic N) is 1. The van der Waals surface area contributed by atoms with Crippen LogP contribution >= 0.6 is 0 Å². The maximum absolute atomic E-state index is 11.6. The largest absolute Gasteiger partial charge is 0.355 e. The molecule has 3 N–H and O–H groups in total. The van der Waals surface area contributed by atoms with Crippen LogP contribution < -0.4 is 11.1 Å². The van der Waals surface area contributed by atoms with Crippen LogP contribution in [-0.2, 0) is 4.79 Å². The van der Waals surface area contributed by atoms with E-state index in [1.165, 1.54) is 0 Å². The fourth-order valence-corrected chi connectivity index (χ4v) is 1.88. The molecule has 4 nitrogen and oxygen atoms in total. The van der Waals surface area contributed by atoms with Crippen LogP contribution in [0.25, 0.3) is 0 Å². The number of piperidine rings is 1. The van der Waals surface area contributed by atoms with E-state index in [-0.39, 0.29) is 18.0 Å². The molecule has 2 unspecified atom stereocenters. The molecule has 82 valence electrons. The first-order valence-corrected chi connectivity index (χ1v) is 5.42. The summed E-state index contributed by atoms with van der Waals surface area (Å²) in [4.78, 5) is 13.7. The standard InChI is InChI=1S/C10H21N3O/c1-3-12-10(14)8(2)13-6-4-5-9(11)7-13/h8-9H,3-7,11H2,1-2H3,(H,12,14). The maximum atomic E-state index is 11.6. The van der Waals surface area contributed by atoms with Crippen molar-refractivity contribution in [2.45, 2.75) is 38.8 Å². The Bertz CT molecular complexity index is 196. The van der Waals surface area contributed by atoms with Crippen molar-refractivity contribution in [2.75, 3.05) is 19.6 Å². The number of likely N-dealkylation sites (tertiary alicyclic amines) is 1. The van der Waals surface area contributed by atoms with Gasteiger partial charge in [0.05, 0.1) is 6.04 Å². The summed E-state index contributed by atoms with van der Waals surface area (Å²) >= 11 is 0. The van der Waals surface area contributed by atoms with Gasteiger partial charge < -0.3 is 11.1 Å². The van der Waals surface area contributed by atoms with Gasteiger partial charge in [-0.25, -0.2) is 0 Å². The van der Waals surface area contributed by atoms with Gasteiger partial charge in [0.15, 0.2) is 0 Å². The van der Waals surface area contributed by atoms with E-state index in [0.29, 0.717) is 6.54 Å². The molecule has 0 saturated carbocycles. The van der Waals surface area contributed by atoms with Gasteiger partial charge in [-0.05, 0) is 33.2 Å². The molecule has 2 atom stereocenters. The minimum Gasteiger partial charge on any atom is -0.355 e. The van der Waals surface area contributed by atoms with Crippen molar-refractivity contribution >= 4 is 5.91 Å². The molecule has 0 spiro atoms. The van der Waals surface area contributed by atoms with Crippen molar-refractivity contribution in [1.29, 1.82) is 0 Å². The SMILES string of the molecule is CCNC(=O)C(C)N1CCCC(N)C1. The summed E-state index contributed by atoms with van der Waals surface area (Å²) in [6.45, 7) is 6.42. The fourth-order valence-electron chi connectivity index (χ4n) is 1.88. The van der Waals surface area contributed by atoms with Crippen molar-refractivity contribution in [3.05, 3.63) is 0 Å². The molecule has 4 heteroatoms. The zero-order chi connectivity index (χ0) is 10.6. The molecule has 1 amide bonds. The van der Waals surface area contributed by atoms with Gasteiger partial charge >= 0.3 is 0 Å². The quantitative estimate of drug-likeness (QED) is 0.669. The monoisotopic (exact) mass is 199 g/mol. The minimum atomic E-state index is -0.0405. The number of carbonyl (C=O) groups is 1. The molecule has 0 aliphatic carbocycles. The first kappa shape index (κ1) is 11.5. The molecule has 0 bridgehead atoms. The second-order valence-electron chi connectivity index (χ2n) is 3.97. The van der Waals surface area contributed by atoms with Gasteiger partial charge in [0, 0.05) is 19.1 Å². The van der Waals surface area contributed by atoms with Gasteiger partial charge in [0.1, 0.15) is 0 Å². The number of hydrogen-bond donors (Lipinski definition) is 2. The van der Waals surface area contributed by atoms with Crippen LogP contribution in [0.4, 0.5) is 0 Å². The Balaban J connectivity index is 2.42. The van der Waals surface area contributed by atoms with Gasteiger partial charge in [-0.1, -0.05) is 0 Å². The molecule has 1 saturated heterocycles. The van der Waals surface area contributed by atoms with Crippen molar-refractivity contribution in [1.82, 2.24) is 10.2 Å². The number of hydrogen-bond acceptors (Lipinski definition) is 3. The number of rotatable bonds is 3. The molecule has 0 aromatic carbocycles. The highest BCUT2D eigenvalue weighted by atomic mass is 16.2. The third-order valence-electron chi connectivity index (χ3n) is 2.77. The van der Waals surface area contributed by atoms with Gasteiger partial charge in [-0.15, -0.1) is 0 Å². The molecular weight excluding hydrogens is 178 g/mol. The summed E-state index contributed by atoms with van der Waals surface area (Å²) < 4.78 is 0. The first-order valence-electron chi connectivity index (χ1n) is 5.42. The van der Waals surface area contributed by atoms with Crippen LogP contribution in [0.3, 0.4) is 0 Å². The van der Waals surface area contributed by atoms with E-state index >= 15 is 0 Å². The van der Waals surface area contributed by atoms with Crippen molar-refractivity contribution in [3.63, 3.8) is 0 Å². The molecule has 1 rings (SSSR count). The van der Waals surface area contributed by atoms with E-state index in [0.717, 1.165) is 25.9 Å². The molecule has 1 heterocycles. The summed E-state index contributed by atoms with van der Waals surface area (Å²) in [5.74, 6) is 0.113. The normalized spacial score (nSPS) is 25.8. The predicted octanol–water partition coefficient (Wildman–Crippen LogP) is -0.0659. The Labute approximate surface area is 85.8 Å². The zero-order valence-electron chi connectivity index (χ0n) is 9.12. The van der Waals surface area contributed by atoms with Crippen molar-refractivity contribution in [3.8, 4) is 0 Å². The van der Waals surface area contributed by atoms with Gasteiger partial charge in [0.25, 0.3) is 0 Å². The van der Waals surface area contributed by atoms with Crippen LogP contribution in [0.15, 0.2) is 0 Å². The lowest BCUT2D eigenvalue weighted by Gasteiger charge is -2.34. The van der Waals surface area contributed by atoms with Crippen LogP contribution in [0.1, 0.15) is 26.7 Å². The predicted molar refractivity (Wildman–Crippen MR) is 56.9 cm³/mol. The highest BCUT2D eigenvalue weighted by Gasteiger charge is 2.25. The number of carbonyl (C=O) groups excluding carboxylic acids is 1. The number of likely N-dealkylation sites (N-methyl/N-ethyl adjacent to an activating group) is 1.